The second-order valence-electron chi connectivity index (χ2n) is 1.39. The van der Waals surface area contributed by atoms with Gasteiger partial charge >= 0.3 is 11.8 Å². The summed E-state index contributed by atoms with van der Waals surface area (Å²) in [5.41, 5.74) is 8.03. The Morgan fingerprint density at radius 2 is 2.50 bits per heavy atom. The average Bonchev–Trinajstić information content (AvgIpc) is 2.34. The fourth-order valence-electron chi connectivity index (χ4n) is 0.412. The number of aliphatic imine (C=N–C) groups is 2. The Hall–Kier alpha value is -1.88. The van der Waals surface area contributed by atoms with Gasteiger partial charge in [0.1, 0.15) is 0 Å². The Kier molecular flexibility index (Phi) is 1.35. The number of amidine groups is 1. The predicted molar refractivity (Wildman–Crippen MR) is 31.5 cm³/mol. The SMILES string of the molecule is [N-]=[N+]=C1C=NC([N+](=O)[O-])=N1. The third kappa shape index (κ3) is 0.932. The molecule has 0 N–H and O–H groups in total. The highest BCUT2D eigenvalue weighted by Crippen LogP contribution is 1.90. The molecule has 0 aromatic rings. The highest BCUT2D eigenvalue weighted by molar-refractivity contribution is 6.33. The van der Waals surface area contributed by atoms with Crippen LogP contribution in [0.25, 0.3) is 5.53 Å². The molecule has 0 radical (unpaired) electrons. The standard InChI is InChI=1S/C3HN5O2/c4-7-2-1-5-3(6-2)8(9)10/h1H. The van der Waals surface area contributed by atoms with Crippen LogP contribution in [0, 0.1) is 10.1 Å². The molecule has 1 rings (SSSR count). The molecule has 10 heavy (non-hydrogen) atoms. The minimum atomic E-state index is -0.769. The van der Waals surface area contributed by atoms with E-state index >= 15 is 0 Å². The van der Waals surface area contributed by atoms with Gasteiger partial charge in [-0.05, 0) is 9.92 Å². The van der Waals surface area contributed by atoms with Crippen molar-refractivity contribution in [2.45, 2.75) is 0 Å². The van der Waals surface area contributed by atoms with E-state index in [2.05, 4.69) is 14.8 Å². The van der Waals surface area contributed by atoms with Gasteiger partial charge in [-0.2, -0.15) is 0 Å². The van der Waals surface area contributed by atoms with Crippen LogP contribution in [-0.4, -0.2) is 27.7 Å². The lowest BCUT2D eigenvalue weighted by atomic mass is 10.7. The zero-order valence-corrected chi connectivity index (χ0v) is 4.63. The number of nitrogens with zero attached hydrogens (tertiary/aromatic N) is 5. The summed E-state index contributed by atoms with van der Waals surface area (Å²) in [4.78, 5) is 18.1. The lowest BCUT2D eigenvalue weighted by Crippen LogP contribution is -2.05. The topological polar surface area (TPSA) is 104 Å². The van der Waals surface area contributed by atoms with Crippen LogP contribution in [-0.2, 0) is 0 Å². The van der Waals surface area contributed by atoms with Gasteiger partial charge in [0.25, 0.3) is 0 Å². The summed E-state index contributed by atoms with van der Waals surface area (Å²) < 4.78 is 0. The van der Waals surface area contributed by atoms with E-state index in [4.69, 9.17) is 5.53 Å². The van der Waals surface area contributed by atoms with Crippen molar-refractivity contribution in [2.24, 2.45) is 9.98 Å². The van der Waals surface area contributed by atoms with Crippen LogP contribution in [0.3, 0.4) is 0 Å². The number of nitro groups is 1. The first-order valence-electron chi connectivity index (χ1n) is 2.23. The number of guanidine groups is 1. The van der Waals surface area contributed by atoms with Gasteiger partial charge in [-0.3, -0.25) is 0 Å². The van der Waals surface area contributed by atoms with Crippen LogP contribution in [0.2, 0.25) is 0 Å². The van der Waals surface area contributed by atoms with Crippen molar-refractivity contribution in [1.29, 1.82) is 0 Å². The summed E-state index contributed by atoms with van der Waals surface area (Å²) in [6.07, 6.45) is 0.998. The van der Waals surface area contributed by atoms with Crippen LogP contribution in [0.15, 0.2) is 9.98 Å². The maximum atomic E-state index is 9.89. The molecule has 0 aromatic carbocycles. The summed E-state index contributed by atoms with van der Waals surface area (Å²) >= 11 is 0. The van der Waals surface area contributed by atoms with Gasteiger partial charge in [0.2, 0.25) is 6.21 Å². The maximum absolute atomic E-state index is 9.89. The van der Waals surface area contributed by atoms with Gasteiger partial charge in [-0.25, -0.2) is 0 Å². The van der Waals surface area contributed by atoms with Crippen molar-refractivity contribution in [2.75, 3.05) is 0 Å². The molecule has 1 aliphatic heterocycles. The predicted octanol–water partition coefficient (Wildman–Crippen LogP) is -0.668. The lowest BCUT2D eigenvalue weighted by Gasteiger charge is -1.83. The van der Waals surface area contributed by atoms with E-state index in [-0.39, 0.29) is 5.84 Å². The molecule has 0 spiro atoms. The summed E-state index contributed by atoms with van der Waals surface area (Å²) in [6, 6.07) is 0. The molecule has 0 saturated carbocycles. The van der Waals surface area contributed by atoms with Crippen LogP contribution >= 0.6 is 0 Å². The quantitative estimate of drug-likeness (QED) is 0.192. The Morgan fingerprint density at radius 1 is 1.80 bits per heavy atom. The molecule has 0 saturated heterocycles. The van der Waals surface area contributed by atoms with Crippen molar-refractivity contribution < 1.29 is 9.71 Å². The third-order valence-electron chi connectivity index (χ3n) is 0.776. The molecule has 0 aliphatic carbocycles. The van der Waals surface area contributed by atoms with Gasteiger partial charge in [0.05, 0.1) is 0 Å². The first-order chi connectivity index (χ1) is 4.74. The summed E-state index contributed by atoms with van der Waals surface area (Å²) in [7, 11) is 0. The molecule has 7 heteroatoms. The van der Waals surface area contributed by atoms with Gasteiger partial charge in [0, 0.05) is 0 Å². The molecule has 0 unspecified atom stereocenters. The molecular weight excluding hydrogens is 138 g/mol. The third-order valence-corrected chi connectivity index (χ3v) is 0.776. The van der Waals surface area contributed by atoms with Gasteiger partial charge in [-0.1, -0.05) is 4.99 Å². The molecule has 0 aromatic heterocycles. The number of rotatable bonds is 0. The summed E-state index contributed by atoms with van der Waals surface area (Å²) in [6.45, 7) is 0. The van der Waals surface area contributed by atoms with Crippen LogP contribution in [0.5, 0.6) is 0 Å². The monoisotopic (exact) mass is 139 g/mol. The Labute approximate surface area is 54.5 Å². The minimum absolute atomic E-state index is 0.160. The first kappa shape index (κ1) is 6.24. The molecule has 0 atom stereocenters. The average molecular weight is 139 g/mol. The first-order valence-corrected chi connectivity index (χ1v) is 2.23. The van der Waals surface area contributed by atoms with E-state index in [1.165, 1.54) is 0 Å². The zero-order chi connectivity index (χ0) is 7.56. The lowest BCUT2D eigenvalue weighted by molar-refractivity contribution is -0.351. The molecule has 0 bridgehead atoms. The molecule has 7 nitrogen and oxygen atoms in total. The van der Waals surface area contributed by atoms with Crippen molar-refractivity contribution in [3.05, 3.63) is 15.6 Å². The highest BCUT2D eigenvalue weighted by atomic mass is 16.6. The smallest absolute Gasteiger partial charge is 0.474 e. The minimum Gasteiger partial charge on any atom is -0.498 e. The van der Waals surface area contributed by atoms with E-state index in [9.17, 15) is 10.1 Å². The molecule has 0 fully saturated rings. The molecule has 1 heterocycles. The fourth-order valence-corrected chi connectivity index (χ4v) is 0.412. The molecule has 0 amide bonds. The largest absolute Gasteiger partial charge is 0.498 e. The van der Waals surface area contributed by atoms with Crippen molar-refractivity contribution in [1.82, 2.24) is 0 Å². The number of hydrogen-bond acceptors (Lipinski definition) is 3. The summed E-state index contributed by atoms with van der Waals surface area (Å²) in [5, 5.41) is 9.89. The second-order valence-corrected chi connectivity index (χ2v) is 1.39. The second kappa shape index (κ2) is 2.16. The Balaban J connectivity index is 2.98. The van der Waals surface area contributed by atoms with Crippen LogP contribution < -0.4 is 0 Å². The van der Waals surface area contributed by atoms with E-state index in [1.54, 1.807) is 0 Å². The highest BCUT2D eigenvalue weighted by Gasteiger charge is 2.21. The van der Waals surface area contributed by atoms with E-state index in [0.29, 0.717) is 0 Å². The molecule has 50 valence electrons. The van der Waals surface area contributed by atoms with E-state index < -0.39 is 10.9 Å². The fraction of sp³-hybridized carbons (Fsp3) is 0. The van der Waals surface area contributed by atoms with Crippen LogP contribution in [0.1, 0.15) is 0 Å². The zero-order valence-electron chi connectivity index (χ0n) is 4.63. The van der Waals surface area contributed by atoms with Gasteiger partial charge in [-0.15, -0.1) is 0 Å². The summed E-state index contributed by atoms with van der Waals surface area (Å²) in [5.74, 6) is -0.723. The number of hydrogen-bond donors (Lipinski definition) is 0. The normalized spacial score (nSPS) is 14.8. The Morgan fingerprint density at radius 3 is 2.80 bits per heavy atom. The molecule has 1 aliphatic rings. The van der Waals surface area contributed by atoms with Gasteiger partial charge < -0.3 is 20.4 Å². The van der Waals surface area contributed by atoms with Crippen molar-refractivity contribution >= 4 is 18.0 Å². The van der Waals surface area contributed by atoms with Crippen molar-refractivity contribution in [3.63, 3.8) is 0 Å². The Bertz CT molecular complexity index is 283. The van der Waals surface area contributed by atoms with E-state index in [1.807, 2.05) is 0 Å². The molecular formula is C3HN5O2. The van der Waals surface area contributed by atoms with E-state index in [0.717, 1.165) is 6.21 Å². The van der Waals surface area contributed by atoms with Crippen LogP contribution in [0.4, 0.5) is 0 Å². The maximum Gasteiger partial charge on any atom is 0.474 e. The van der Waals surface area contributed by atoms with Gasteiger partial charge in [0.15, 0.2) is 0 Å². The van der Waals surface area contributed by atoms with Crippen molar-refractivity contribution in [3.8, 4) is 0 Å².